The van der Waals surface area contributed by atoms with Crippen molar-refractivity contribution in [2.24, 2.45) is 0 Å². The van der Waals surface area contributed by atoms with Crippen LogP contribution in [0.5, 0.6) is 5.75 Å². The van der Waals surface area contributed by atoms with Crippen LogP contribution < -0.4 is 15.0 Å². The van der Waals surface area contributed by atoms with Crippen molar-refractivity contribution in [1.29, 1.82) is 0 Å². The van der Waals surface area contributed by atoms with Gasteiger partial charge in [0.05, 0.1) is 17.7 Å². The first-order valence-corrected chi connectivity index (χ1v) is 9.87. The SMILES string of the molecule is C[C@H](Nc1nc(N2CCOc3ccccc32)nc2ccccc12)c1ccccc1. The summed E-state index contributed by atoms with van der Waals surface area (Å²) >= 11 is 0. The average Bonchev–Trinajstić information content (AvgIpc) is 2.79. The number of anilines is 3. The van der Waals surface area contributed by atoms with E-state index in [-0.39, 0.29) is 6.04 Å². The summed E-state index contributed by atoms with van der Waals surface area (Å²) in [4.78, 5) is 11.9. The maximum Gasteiger partial charge on any atom is 0.232 e. The average molecular weight is 382 g/mol. The number of aromatic nitrogens is 2. The van der Waals surface area contributed by atoms with Crippen molar-refractivity contribution in [3.63, 3.8) is 0 Å². The molecular weight excluding hydrogens is 360 g/mol. The fourth-order valence-electron chi connectivity index (χ4n) is 3.70. The number of hydrogen-bond acceptors (Lipinski definition) is 5. The van der Waals surface area contributed by atoms with Gasteiger partial charge in [-0.05, 0) is 36.8 Å². The van der Waals surface area contributed by atoms with Gasteiger partial charge in [0.2, 0.25) is 5.95 Å². The monoisotopic (exact) mass is 382 g/mol. The second-order valence-electron chi connectivity index (χ2n) is 7.13. The number of hydrogen-bond donors (Lipinski definition) is 1. The molecule has 1 aromatic heterocycles. The molecule has 29 heavy (non-hydrogen) atoms. The van der Waals surface area contributed by atoms with E-state index in [2.05, 4.69) is 47.5 Å². The topological polar surface area (TPSA) is 50.3 Å². The lowest BCUT2D eigenvalue weighted by atomic mass is 10.1. The zero-order valence-corrected chi connectivity index (χ0v) is 16.2. The van der Waals surface area contributed by atoms with Crippen molar-refractivity contribution in [3.8, 4) is 5.75 Å². The van der Waals surface area contributed by atoms with Crippen molar-refractivity contribution in [3.05, 3.63) is 84.4 Å². The Morgan fingerprint density at radius 3 is 2.55 bits per heavy atom. The van der Waals surface area contributed by atoms with Crippen LogP contribution in [-0.2, 0) is 0 Å². The predicted molar refractivity (Wildman–Crippen MR) is 117 cm³/mol. The summed E-state index contributed by atoms with van der Waals surface area (Å²) in [5, 5.41) is 4.61. The molecule has 0 fully saturated rings. The normalized spacial score (nSPS) is 14.2. The van der Waals surface area contributed by atoms with Crippen LogP contribution in [0.15, 0.2) is 78.9 Å². The van der Waals surface area contributed by atoms with E-state index < -0.39 is 0 Å². The summed E-state index contributed by atoms with van der Waals surface area (Å²) in [5.74, 6) is 2.39. The smallest absolute Gasteiger partial charge is 0.232 e. The Kier molecular flexibility index (Phi) is 4.48. The zero-order valence-electron chi connectivity index (χ0n) is 16.2. The van der Waals surface area contributed by atoms with Crippen LogP contribution >= 0.6 is 0 Å². The molecule has 0 unspecified atom stereocenters. The molecule has 144 valence electrons. The van der Waals surface area contributed by atoms with Crippen LogP contribution in [0, 0.1) is 0 Å². The lowest BCUT2D eigenvalue weighted by molar-refractivity contribution is 0.313. The number of ether oxygens (including phenoxy) is 1. The summed E-state index contributed by atoms with van der Waals surface area (Å²) in [7, 11) is 0. The van der Waals surface area contributed by atoms with E-state index in [0.717, 1.165) is 28.2 Å². The third-order valence-corrected chi connectivity index (χ3v) is 5.21. The molecule has 0 aliphatic carbocycles. The molecule has 5 nitrogen and oxygen atoms in total. The van der Waals surface area contributed by atoms with Gasteiger partial charge in [0.25, 0.3) is 0 Å². The summed E-state index contributed by atoms with van der Waals surface area (Å²) in [6, 6.07) is 26.7. The largest absolute Gasteiger partial charge is 0.490 e. The number of nitrogens with zero attached hydrogens (tertiary/aromatic N) is 3. The van der Waals surface area contributed by atoms with Crippen LogP contribution in [0.4, 0.5) is 17.5 Å². The second-order valence-corrected chi connectivity index (χ2v) is 7.13. The van der Waals surface area contributed by atoms with Gasteiger partial charge in [-0.1, -0.05) is 54.6 Å². The highest BCUT2D eigenvalue weighted by atomic mass is 16.5. The third kappa shape index (κ3) is 3.36. The van der Waals surface area contributed by atoms with E-state index in [9.17, 15) is 0 Å². The molecule has 3 aromatic carbocycles. The fraction of sp³-hybridized carbons (Fsp3) is 0.167. The highest BCUT2D eigenvalue weighted by Gasteiger charge is 2.22. The maximum atomic E-state index is 5.80. The van der Waals surface area contributed by atoms with Gasteiger partial charge in [0.1, 0.15) is 18.2 Å². The van der Waals surface area contributed by atoms with Crippen molar-refractivity contribution in [2.75, 3.05) is 23.4 Å². The van der Waals surface area contributed by atoms with Gasteiger partial charge in [-0.2, -0.15) is 4.98 Å². The molecular formula is C24H22N4O. The molecule has 1 atom stereocenters. The molecule has 0 saturated heterocycles. The van der Waals surface area contributed by atoms with Gasteiger partial charge in [-0.3, -0.25) is 0 Å². The summed E-state index contributed by atoms with van der Waals surface area (Å²) in [6.45, 7) is 3.47. The first kappa shape index (κ1) is 17.5. The lowest BCUT2D eigenvalue weighted by Gasteiger charge is -2.30. The Morgan fingerprint density at radius 1 is 0.897 bits per heavy atom. The Bertz CT molecular complexity index is 1150. The van der Waals surface area contributed by atoms with Gasteiger partial charge in [-0.25, -0.2) is 4.98 Å². The minimum absolute atomic E-state index is 0.124. The number of benzene rings is 3. The molecule has 0 spiro atoms. The molecule has 0 bridgehead atoms. The van der Waals surface area contributed by atoms with E-state index in [1.165, 1.54) is 5.56 Å². The van der Waals surface area contributed by atoms with E-state index >= 15 is 0 Å². The van der Waals surface area contributed by atoms with Gasteiger partial charge in [-0.15, -0.1) is 0 Å². The third-order valence-electron chi connectivity index (χ3n) is 5.21. The predicted octanol–water partition coefficient (Wildman–Crippen LogP) is 5.33. The van der Waals surface area contributed by atoms with E-state index in [4.69, 9.17) is 14.7 Å². The van der Waals surface area contributed by atoms with Crippen molar-refractivity contribution < 1.29 is 4.74 Å². The zero-order chi connectivity index (χ0) is 19.6. The number of nitrogens with one attached hydrogen (secondary N) is 1. The Hall–Kier alpha value is -3.60. The van der Waals surface area contributed by atoms with Crippen molar-refractivity contribution in [2.45, 2.75) is 13.0 Å². The maximum absolute atomic E-state index is 5.80. The second kappa shape index (κ2) is 7.43. The highest BCUT2D eigenvalue weighted by molar-refractivity contribution is 5.90. The van der Waals surface area contributed by atoms with Crippen LogP contribution in [0.25, 0.3) is 10.9 Å². The molecule has 2 heterocycles. The Morgan fingerprint density at radius 2 is 1.66 bits per heavy atom. The van der Waals surface area contributed by atoms with Crippen LogP contribution in [-0.4, -0.2) is 23.1 Å². The first-order chi connectivity index (χ1) is 14.3. The molecule has 1 aliphatic rings. The fourth-order valence-corrected chi connectivity index (χ4v) is 3.70. The molecule has 4 aromatic rings. The van der Waals surface area contributed by atoms with Crippen LogP contribution in [0.1, 0.15) is 18.5 Å². The van der Waals surface area contributed by atoms with Gasteiger partial charge < -0.3 is 15.0 Å². The standard InChI is InChI=1S/C24H22N4O/c1-17(18-9-3-2-4-10-18)25-23-19-11-5-6-12-20(19)26-24(27-23)28-15-16-29-22-14-8-7-13-21(22)28/h2-14,17H,15-16H2,1H3,(H,25,26,27)/t17-/m0/s1. The molecule has 0 saturated carbocycles. The highest BCUT2D eigenvalue weighted by Crippen LogP contribution is 2.36. The lowest BCUT2D eigenvalue weighted by Crippen LogP contribution is -2.30. The number of rotatable bonds is 4. The van der Waals surface area contributed by atoms with Gasteiger partial charge >= 0.3 is 0 Å². The van der Waals surface area contributed by atoms with Crippen molar-refractivity contribution >= 4 is 28.4 Å². The number of para-hydroxylation sites is 3. The van der Waals surface area contributed by atoms with Crippen LogP contribution in [0.3, 0.4) is 0 Å². The molecule has 5 rings (SSSR count). The summed E-state index contributed by atoms with van der Waals surface area (Å²) < 4.78 is 5.80. The van der Waals surface area contributed by atoms with E-state index in [1.54, 1.807) is 0 Å². The Balaban J connectivity index is 1.58. The minimum Gasteiger partial charge on any atom is -0.490 e. The van der Waals surface area contributed by atoms with E-state index in [0.29, 0.717) is 19.1 Å². The molecule has 0 amide bonds. The minimum atomic E-state index is 0.124. The van der Waals surface area contributed by atoms with Crippen molar-refractivity contribution in [1.82, 2.24) is 9.97 Å². The number of fused-ring (bicyclic) bond motifs is 2. The molecule has 1 aliphatic heterocycles. The summed E-state index contributed by atoms with van der Waals surface area (Å²) in [5.41, 5.74) is 3.13. The molecule has 5 heteroatoms. The quantitative estimate of drug-likeness (QED) is 0.517. The Labute approximate surface area is 170 Å². The molecule has 0 radical (unpaired) electrons. The van der Waals surface area contributed by atoms with E-state index in [1.807, 2.05) is 48.5 Å². The van der Waals surface area contributed by atoms with Crippen LogP contribution in [0.2, 0.25) is 0 Å². The van der Waals surface area contributed by atoms with Gasteiger partial charge in [0.15, 0.2) is 0 Å². The molecule has 1 N–H and O–H groups in total. The summed E-state index contributed by atoms with van der Waals surface area (Å²) in [6.07, 6.45) is 0. The van der Waals surface area contributed by atoms with Gasteiger partial charge in [0, 0.05) is 11.4 Å². The first-order valence-electron chi connectivity index (χ1n) is 9.87.